The number of likely N-dealkylation sites (tertiary alicyclic amines) is 1. The summed E-state index contributed by atoms with van der Waals surface area (Å²) in [4.78, 5) is 30.1. The van der Waals surface area contributed by atoms with Gasteiger partial charge in [0.05, 0.1) is 29.2 Å². The normalized spacial score (nSPS) is 19.5. The van der Waals surface area contributed by atoms with Gasteiger partial charge in [0.1, 0.15) is 5.01 Å². The number of amides is 1. The molecule has 2 N–H and O–H groups in total. The highest BCUT2D eigenvalue weighted by molar-refractivity contribution is 7.18. The fraction of sp³-hybridized carbons (Fsp3) is 0.318. The first-order chi connectivity index (χ1) is 13.6. The third kappa shape index (κ3) is 4.29. The Morgan fingerprint density at radius 1 is 1.21 bits per heavy atom. The number of Topliss-reactive ketones (excluding diaryl/α,β-unsaturated/α-hetero) is 1. The van der Waals surface area contributed by atoms with Crippen molar-refractivity contribution in [3.63, 3.8) is 0 Å². The smallest absolute Gasteiger partial charge is 0.279 e. The van der Waals surface area contributed by atoms with Crippen LogP contribution in [0.2, 0.25) is 0 Å². The molecule has 4 rings (SSSR count). The maximum Gasteiger partial charge on any atom is 0.279 e. The molecule has 1 saturated heterocycles. The van der Waals surface area contributed by atoms with Crippen molar-refractivity contribution in [2.75, 3.05) is 25.0 Å². The second-order valence-corrected chi connectivity index (χ2v) is 8.49. The number of anilines is 1. The average Bonchev–Trinajstić information content (AvgIpc) is 3.12. The summed E-state index contributed by atoms with van der Waals surface area (Å²) in [5, 5.41) is 4.12. The Morgan fingerprint density at radius 3 is 2.89 bits per heavy atom. The maximum atomic E-state index is 12.5. The van der Waals surface area contributed by atoms with E-state index in [-0.39, 0.29) is 11.7 Å². The molecule has 1 aliphatic rings. The summed E-state index contributed by atoms with van der Waals surface area (Å²) < 4.78 is 1.23. The van der Waals surface area contributed by atoms with Gasteiger partial charge in [0, 0.05) is 11.3 Å². The van der Waals surface area contributed by atoms with E-state index >= 15 is 0 Å². The quantitative estimate of drug-likeness (QED) is 0.654. The number of carbonyl (C=O) groups excluding carboxylic acids is 2. The van der Waals surface area contributed by atoms with E-state index in [9.17, 15) is 9.59 Å². The predicted octanol–water partition coefficient (Wildman–Crippen LogP) is 2.90. The van der Waals surface area contributed by atoms with E-state index in [1.54, 1.807) is 29.5 Å². The van der Waals surface area contributed by atoms with Gasteiger partial charge in [-0.2, -0.15) is 0 Å². The van der Waals surface area contributed by atoms with Crippen molar-refractivity contribution in [1.82, 2.24) is 4.98 Å². The third-order valence-electron chi connectivity index (χ3n) is 5.24. The van der Waals surface area contributed by atoms with E-state index in [0.29, 0.717) is 23.7 Å². The maximum absolute atomic E-state index is 12.5. The summed E-state index contributed by atoms with van der Waals surface area (Å²) in [7, 11) is 0. The van der Waals surface area contributed by atoms with Gasteiger partial charge < -0.3 is 10.2 Å². The Labute approximate surface area is 168 Å². The second kappa shape index (κ2) is 8.20. The minimum atomic E-state index is -0.0133. The Hall–Kier alpha value is -2.57. The number of hydrogen-bond acceptors (Lipinski definition) is 4. The predicted molar refractivity (Wildman–Crippen MR) is 112 cm³/mol. The van der Waals surface area contributed by atoms with E-state index in [4.69, 9.17) is 4.98 Å². The Kier molecular flexibility index (Phi) is 5.50. The zero-order valence-corrected chi connectivity index (χ0v) is 16.7. The zero-order chi connectivity index (χ0) is 19.5. The van der Waals surface area contributed by atoms with Crippen LogP contribution in [-0.2, 0) is 4.79 Å². The largest absolute Gasteiger partial charge is 0.327 e. The van der Waals surface area contributed by atoms with Crippen molar-refractivity contribution in [2.24, 2.45) is 0 Å². The van der Waals surface area contributed by atoms with Crippen molar-refractivity contribution in [1.29, 1.82) is 0 Å². The first kappa shape index (κ1) is 18.8. The molecule has 2 aromatic carbocycles. The molecule has 0 bridgehead atoms. The van der Waals surface area contributed by atoms with Crippen molar-refractivity contribution < 1.29 is 14.5 Å². The van der Waals surface area contributed by atoms with Gasteiger partial charge in [0.15, 0.2) is 12.3 Å². The molecule has 28 heavy (non-hydrogen) atoms. The van der Waals surface area contributed by atoms with Crippen molar-refractivity contribution in [2.45, 2.75) is 25.7 Å². The lowest BCUT2D eigenvalue weighted by atomic mass is 9.99. The third-order valence-corrected chi connectivity index (χ3v) is 6.44. The van der Waals surface area contributed by atoms with E-state index < -0.39 is 0 Å². The van der Waals surface area contributed by atoms with Crippen LogP contribution in [0.4, 0.5) is 5.69 Å². The molecule has 0 spiro atoms. The summed E-state index contributed by atoms with van der Waals surface area (Å²) in [6, 6.07) is 15.4. The summed E-state index contributed by atoms with van der Waals surface area (Å²) in [5.74, 6) is 0.395. The van der Waals surface area contributed by atoms with Crippen LogP contribution in [0.15, 0.2) is 48.5 Å². The number of aromatic nitrogens is 1. The topological polar surface area (TPSA) is 63.5 Å². The number of fused-ring (bicyclic) bond motifs is 1. The van der Waals surface area contributed by atoms with Crippen LogP contribution >= 0.6 is 11.3 Å². The highest BCUT2D eigenvalue weighted by Crippen LogP contribution is 2.30. The van der Waals surface area contributed by atoms with Crippen molar-refractivity contribution >= 4 is 38.9 Å². The SMILES string of the molecule is CC(=O)c1cccc(NC(=O)C[NH+]2CCC[C@H](c3nc4ccccc4s3)C2)c1. The molecule has 3 aromatic rings. The summed E-state index contributed by atoms with van der Waals surface area (Å²) >= 11 is 1.77. The number of nitrogens with one attached hydrogen (secondary N) is 2. The first-order valence-corrected chi connectivity index (χ1v) is 10.5. The average molecular weight is 395 g/mol. The van der Waals surface area contributed by atoms with Crippen LogP contribution in [0, 0.1) is 0 Å². The molecule has 6 heteroatoms. The number of hydrogen-bond donors (Lipinski definition) is 2. The number of rotatable bonds is 5. The van der Waals surface area contributed by atoms with Gasteiger partial charge in [0.25, 0.3) is 5.91 Å². The molecular formula is C22H24N3O2S+. The number of thiazole rings is 1. The Balaban J connectivity index is 1.38. The monoisotopic (exact) mass is 394 g/mol. The molecule has 1 unspecified atom stereocenters. The molecule has 1 aromatic heterocycles. The number of benzene rings is 2. The number of carbonyl (C=O) groups is 2. The fourth-order valence-corrected chi connectivity index (χ4v) is 4.94. The summed E-state index contributed by atoms with van der Waals surface area (Å²) in [5.41, 5.74) is 2.36. The standard InChI is InChI=1S/C22H23N3O2S/c1-15(26)16-6-4-8-18(12-16)23-21(27)14-25-11-5-7-17(13-25)22-24-19-9-2-3-10-20(19)28-22/h2-4,6,8-10,12,17H,5,7,11,13-14H2,1H3,(H,23,27)/p+1/t17-/m0/s1. The lowest BCUT2D eigenvalue weighted by molar-refractivity contribution is -0.898. The minimum absolute atomic E-state index is 0.00330. The van der Waals surface area contributed by atoms with Gasteiger partial charge in [-0.3, -0.25) is 9.59 Å². The molecule has 1 amide bonds. The van der Waals surface area contributed by atoms with E-state index in [1.807, 2.05) is 18.2 Å². The van der Waals surface area contributed by atoms with Gasteiger partial charge in [-0.25, -0.2) is 4.98 Å². The molecular weight excluding hydrogens is 370 g/mol. The Morgan fingerprint density at radius 2 is 2.07 bits per heavy atom. The first-order valence-electron chi connectivity index (χ1n) is 9.68. The number of piperidine rings is 1. The molecule has 2 heterocycles. The lowest BCUT2D eigenvalue weighted by Gasteiger charge is -2.28. The molecule has 144 valence electrons. The number of ketones is 1. The zero-order valence-electron chi connectivity index (χ0n) is 15.9. The highest BCUT2D eigenvalue weighted by Gasteiger charge is 2.28. The summed E-state index contributed by atoms with van der Waals surface area (Å²) in [6.45, 7) is 3.90. The molecule has 1 aliphatic heterocycles. The summed E-state index contributed by atoms with van der Waals surface area (Å²) in [6.07, 6.45) is 2.23. The molecule has 0 radical (unpaired) electrons. The molecule has 1 fully saturated rings. The van der Waals surface area contributed by atoms with Gasteiger partial charge in [-0.05, 0) is 44.0 Å². The van der Waals surface area contributed by atoms with Crippen LogP contribution < -0.4 is 10.2 Å². The lowest BCUT2D eigenvalue weighted by Crippen LogP contribution is -3.14. The number of quaternary nitrogens is 1. The highest BCUT2D eigenvalue weighted by atomic mass is 32.1. The van der Waals surface area contributed by atoms with Crippen LogP contribution in [0.1, 0.15) is 41.0 Å². The van der Waals surface area contributed by atoms with E-state index in [0.717, 1.165) is 31.4 Å². The number of nitrogens with zero attached hydrogens (tertiary/aromatic N) is 1. The molecule has 5 nitrogen and oxygen atoms in total. The molecule has 0 aliphatic carbocycles. The molecule has 2 atom stereocenters. The van der Waals surface area contributed by atoms with Gasteiger partial charge in [-0.1, -0.05) is 24.3 Å². The van der Waals surface area contributed by atoms with Gasteiger partial charge in [0.2, 0.25) is 0 Å². The van der Waals surface area contributed by atoms with Crippen LogP contribution in [0.5, 0.6) is 0 Å². The fourth-order valence-electron chi connectivity index (χ4n) is 3.84. The van der Waals surface area contributed by atoms with Gasteiger partial charge >= 0.3 is 0 Å². The Bertz CT molecular complexity index is 981. The number of para-hydroxylation sites is 1. The van der Waals surface area contributed by atoms with E-state index in [2.05, 4.69) is 17.4 Å². The van der Waals surface area contributed by atoms with Crippen molar-refractivity contribution in [3.8, 4) is 0 Å². The second-order valence-electron chi connectivity index (χ2n) is 7.43. The van der Waals surface area contributed by atoms with Gasteiger partial charge in [-0.15, -0.1) is 11.3 Å². The minimum Gasteiger partial charge on any atom is -0.327 e. The van der Waals surface area contributed by atoms with Crippen LogP contribution in [0.3, 0.4) is 0 Å². The van der Waals surface area contributed by atoms with Crippen molar-refractivity contribution in [3.05, 3.63) is 59.1 Å². The molecule has 0 saturated carbocycles. The van der Waals surface area contributed by atoms with E-state index in [1.165, 1.54) is 21.5 Å². The van der Waals surface area contributed by atoms with Crippen LogP contribution in [0.25, 0.3) is 10.2 Å². The van der Waals surface area contributed by atoms with Crippen LogP contribution in [-0.4, -0.2) is 36.3 Å².